The second kappa shape index (κ2) is 8.78. The SMILES string of the molecule is C=Cc1cncc2cccc(S(=O)(=O)N3CCCNCC3)c12.Cl.Cl. The first-order valence-corrected chi connectivity index (χ1v) is 8.78. The Labute approximate surface area is 155 Å². The highest BCUT2D eigenvalue weighted by Crippen LogP contribution is 2.29. The first-order chi connectivity index (χ1) is 10.6. The van der Waals surface area contributed by atoms with Crippen molar-refractivity contribution in [1.82, 2.24) is 14.6 Å². The molecule has 0 aliphatic carbocycles. The van der Waals surface area contributed by atoms with Gasteiger partial charge in [-0.05, 0) is 19.0 Å². The molecule has 1 fully saturated rings. The third-order valence-electron chi connectivity index (χ3n) is 3.91. The number of sulfonamides is 1. The highest BCUT2D eigenvalue weighted by molar-refractivity contribution is 7.89. The highest BCUT2D eigenvalue weighted by atomic mass is 35.5. The Morgan fingerprint density at radius 3 is 2.71 bits per heavy atom. The Balaban J connectivity index is 0.00000144. The molecule has 3 rings (SSSR count). The molecule has 0 amide bonds. The molecule has 1 aliphatic rings. The summed E-state index contributed by atoms with van der Waals surface area (Å²) in [6.07, 6.45) is 5.81. The van der Waals surface area contributed by atoms with E-state index in [1.807, 2.05) is 6.07 Å². The maximum absolute atomic E-state index is 13.1. The predicted molar refractivity (Wildman–Crippen MR) is 103 cm³/mol. The van der Waals surface area contributed by atoms with Crippen LogP contribution in [0.15, 0.2) is 42.1 Å². The molecule has 1 aliphatic heterocycles. The van der Waals surface area contributed by atoms with E-state index < -0.39 is 10.0 Å². The van der Waals surface area contributed by atoms with Crippen molar-refractivity contribution in [3.8, 4) is 0 Å². The van der Waals surface area contributed by atoms with Gasteiger partial charge >= 0.3 is 0 Å². The summed E-state index contributed by atoms with van der Waals surface area (Å²) in [4.78, 5) is 4.48. The van der Waals surface area contributed by atoms with Gasteiger partial charge in [0.1, 0.15) is 0 Å². The molecule has 2 heterocycles. The van der Waals surface area contributed by atoms with Gasteiger partial charge < -0.3 is 5.32 Å². The van der Waals surface area contributed by atoms with Crippen molar-refractivity contribution in [2.75, 3.05) is 26.2 Å². The van der Waals surface area contributed by atoms with Crippen molar-refractivity contribution in [3.05, 3.63) is 42.7 Å². The molecule has 0 atom stereocenters. The minimum absolute atomic E-state index is 0. The largest absolute Gasteiger partial charge is 0.315 e. The molecule has 5 nitrogen and oxygen atoms in total. The summed E-state index contributed by atoms with van der Waals surface area (Å²) in [5.74, 6) is 0. The van der Waals surface area contributed by atoms with Crippen LogP contribution in [0, 0.1) is 0 Å². The van der Waals surface area contributed by atoms with Crippen molar-refractivity contribution >= 4 is 51.7 Å². The molecule has 1 aromatic heterocycles. The van der Waals surface area contributed by atoms with Gasteiger partial charge in [0.05, 0.1) is 4.90 Å². The van der Waals surface area contributed by atoms with Crippen LogP contribution >= 0.6 is 24.8 Å². The van der Waals surface area contributed by atoms with Gasteiger partial charge in [0, 0.05) is 48.4 Å². The quantitative estimate of drug-likeness (QED) is 0.876. The van der Waals surface area contributed by atoms with Gasteiger partial charge in [-0.25, -0.2) is 8.42 Å². The minimum Gasteiger partial charge on any atom is -0.315 e. The molecule has 24 heavy (non-hydrogen) atoms. The lowest BCUT2D eigenvalue weighted by Crippen LogP contribution is -2.34. The van der Waals surface area contributed by atoms with Crippen molar-refractivity contribution < 1.29 is 8.42 Å². The molecule has 0 unspecified atom stereocenters. The molecular formula is C16H21Cl2N3O2S. The average molecular weight is 390 g/mol. The monoisotopic (exact) mass is 389 g/mol. The molecule has 1 N–H and O–H groups in total. The highest BCUT2D eigenvalue weighted by Gasteiger charge is 2.27. The molecule has 0 spiro atoms. The minimum atomic E-state index is -3.53. The van der Waals surface area contributed by atoms with E-state index in [4.69, 9.17) is 0 Å². The van der Waals surface area contributed by atoms with Gasteiger partial charge in [0.2, 0.25) is 10.0 Å². The fraction of sp³-hybridized carbons (Fsp3) is 0.312. The number of fused-ring (bicyclic) bond motifs is 1. The Hall–Kier alpha value is -1.18. The van der Waals surface area contributed by atoms with Crippen LogP contribution in [0.2, 0.25) is 0 Å². The number of hydrogen-bond donors (Lipinski definition) is 1. The van der Waals surface area contributed by atoms with Gasteiger partial charge in [-0.2, -0.15) is 4.31 Å². The summed E-state index contributed by atoms with van der Waals surface area (Å²) in [5, 5.41) is 4.74. The van der Waals surface area contributed by atoms with Crippen LogP contribution in [-0.4, -0.2) is 43.9 Å². The number of pyridine rings is 1. The summed E-state index contributed by atoms with van der Waals surface area (Å²) in [6.45, 7) is 6.34. The van der Waals surface area contributed by atoms with Crippen molar-refractivity contribution in [1.29, 1.82) is 0 Å². The number of halogens is 2. The van der Waals surface area contributed by atoms with E-state index in [0.29, 0.717) is 29.9 Å². The zero-order chi connectivity index (χ0) is 15.6. The lowest BCUT2D eigenvalue weighted by atomic mass is 10.1. The maximum atomic E-state index is 13.1. The topological polar surface area (TPSA) is 62.3 Å². The second-order valence-corrected chi connectivity index (χ2v) is 7.20. The third-order valence-corrected chi connectivity index (χ3v) is 5.85. The van der Waals surface area contributed by atoms with Crippen LogP contribution in [-0.2, 0) is 10.0 Å². The van der Waals surface area contributed by atoms with Crippen LogP contribution in [0.5, 0.6) is 0 Å². The predicted octanol–water partition coefficient (Wildman–Crippen LogP) is 2.71. The van der Waals surface area contributed by atoms with Crippen LogP contribution < -0.4 is 5.32 Å². The van der Waals surface area contributed by atoms with Crippen molar-refractivity contribution in [2.24, 2.45) is 0 Å². The number of nitrogens with zero attached hydrogens (tertiary/aromatic N) is 2. The standard InChI is InChI=1S/C16H19N3O2S.2ClH/c1-2-13-11-18-12-14-5-3-6-15(16(13)14)22(20,21)19-9-4-7-17-8-10-19;;/h2-3,5-6,11-12,17H,1,4,7-10H2;2*1H. The molecule has 1 saturated heterocycles. The molecule has 1 aromatic carbocycles. The molecule has 132 valence electrons. The van der Waals surface area contributed by atoms with Gasteiger partial charge in [-0.1, -0.05) is 24.8 Å². The molecule has 0 saturated carbocycles. The summed E-state index contributed by atoms with van der Waals surface area (Å²) in [5.41, 5.74) is 0.740. The fourth-order valence-electron chi connectivity index (χ4n) is 2.80. The molecule has 2 aromatic rings. The van der Waals surface area contributed by atoms with Gasteiger partial charge in [-0.3, -0.25) is 4.98 Å². The maximum Gasteiger partial charge on any atom is 0.243 e. The molecule has 0 radical (unpaired) electrons. The van der Waals surface area contributed by atoms with E-state index in [0.717, 1.165) is 23.9 Å². The first-order valence-electron chi connectivity index (χ1n) is 7.34. The Bertz CT molecular complexity index is 799. The van der Waals surface area contributed by atoms with Crippen LogP contribution in [0.25, 0.3) is 16.8 Å². The zero-order valence-corrected chi connectivity index (χ0v) is 15.6. The van der Waals surface area contributed by atoms with E-state index in [1.54, 1.807) is 34.9 Å². The molecule has 8 heteroatoms. The Morgan fingerprint density at radius 2 is 1.96 bits per heavy atom. The summed E-state index contributed by atoms with van der Waals surface area (Å²) < 4.78 is 27.7. The second-order valence-electron chi connectivity index (χ2n) is 5.29. The lowest BCUT2D eigenvalue weighted by Gasteiger charge is -2.21. The number of nitrogens with one attached hydrogen (secondary N) is 1. The number of hydrogen-bond acceptors (Lipinski definition) is 4. The van der Waals surface area contributed by atoms with E-state index >= 15 is 0 Å². The number of rotatable bonds is 3. The summed E-state index contributed by atoms with van der Waals surface area (Å²) in [6, 6.07) is 5.31. The Kier molecular flexibility index (Phi) is 7.63. The fourth-order valence-corrected chi connectivity index (χ4v) is 4.52. The smallest absolute Gasteiger partial charge is 0.243 e. The van der Waals surface area contributed by atoms with Gasteiger partial charge in [0.25, 0.3) is 0 Å². The average Bonchev–Trinajstić information content (AvgIpc) is 2.83. The van der Waals surface area contributed by atoms with Crippen molar-refractivity contribution in [3.63, 3.8) is 0 Å². The summed E-state index contributed by atoms with van der Waals surface area (Å²) in [7, 11) is -3.53. The van der Waals surface area contributed by atoms with Gasteiger partial charge in [-0.15, -0.1) is 24.8 Å². The molecule has 0 bridgehead atoms. The number of aromatic nitrogens is 1. The van der Waals surface area contributed by atoms with E-state index in [9.17, 15) is 8.42 Å². The van der Waals surface area contributed by atoms with E-state index in [2.05, 4.69) is 16.9 Å². The van der Waals surface area contributed by atoms with Crippen LogP contribution in [0.1, 0.15) is 12.0 Å². The van der Waals surface area contributed by atoms with Crippen molar-refractivity contribution in [2.45, 2.75) is 11.3 Å². The van der Waals surface area contributed by atoms with E-state index in [1.165, 1.54) is 0 Å². The van der Waals surface area contributed by atoms with E-state index in [-0.39, 0.29) is 24.8 Å². The lowest BCUT2D eigenvalue weighted by molar-refractivity contribution is 0.432. The number of benzene rings is 1. The Morgan fingerprint density at radius 1 is 1.17 bits per heavy atom. The van der Waals surface area contributed by atoms with Crippen LogP contribution in [0.4, 0.5) is 0 Å². The normalized spacial score (nSPS) is 15.8. The van der Waals surface area contributed by atoms with Gasteiger partial charge in [0.15, 0.2) is 0 Å². The van der Waals surface area contributed by atoms with Crippen LogP contribution in [0.3, 0.4) is 0 Å². The first kappa shape index (κ1) is 20.9. The zero-order valence-electron chi connectivity index (χ0n) is 13.1. The molecular weight excluding hydrogens is 369 g/mol. The third kappa shape index (κ3) is 3.90. The summed E-state index contributed by atoms with van der Waals surface area (Å²) >= 11 is 0.